The van der Waals surface area contributed by atoms with Gasteiger partial charge in [-0.05, 0) is 34.7 Å². The van der Waals surface area contributed by atoms with E-state index in [0.717, 1.165) is 9.13 Å². The van der Waals surface area contributed by atoms with Gasteiger partial charge in [0.05, 0.1) is 5.02 Å². The number of hydrogen-bond donors (Lipinski definition) is 1. The Kier molecular flexibility index (Phi) is 3.09. The average Bonchev–Trinajstić information content (AvgIpc) is 1.85. The zero-order valence-corrected chi connectivity index (χ0v) is 9.20. The molecule has 0 aliphatic carbocycles. The maximum Gasteiger partial charge on any atom is 0.106 e. The van der Waals surface area contributed by atoms with Crippen LogP contribution in [0.5, 0.6) is 0 Å². The van der Waals surface area contributed by atoms with Crippen molar-refractivity contribution in [3.63, 3.8) is 0 Å². The Morgan fingerprint density at radius 3 is 2.55 bits per heavy atom. The Balaban J connectivity index is 3.32. The molecule has 0 fully saturated rings. The fourth-order valence-electron chi connectivity index (χ4n) is 0.733. The summed E-state index contributed by atoms with van der Waals surface area (Å²) in [7, 11) is 0. The Morgan fingerprint density at radius 1 is 1.55 bits per heavy atom. The molecule has 0 aromatic heterocycles. The summed E-state index contributed by atoms with van der Waals surface area (Å²) >= 11 is 12.8. The number of hydrogen-bond acceptors (Lipinski definition) is 1. The first-order chi connectivity index (χ1) is 5.13. The van der Waals surface area contributed by atoms with Crippen molar-refractivity contribution < 1.29 is 0 Å². The van der Waals surface area contributed by atoms with Crippen LogP contribution < -0.4 is 5.73 Å². The summed E-state index contributed by atoms with van der Waals surface area (Å²) in [6.45, 7) is 0. The summed E-state index contributed by atoms with van der Waals surface area (Å²) in [4.78, 5) is 0.347. The van der Waals surface area contributed by atoms with Crippen LogP contribution in [0, 0.1) is 3.57 Å². The van der Waals surface area contributed by atoms with Crippen molar-refractivity contribution in [2.75, 3.05) is 0 Å². The number of rotatable bonds is 1. The normalized spacial score (nSPS) is 9.64. The second-order valence-electron chi connectivity index (χ2n) is 1.96. The summed E-state index contributed by atoms with van der Waals surface area (Å²) in [5.74, 6) is 0. The van der Waals surface area contributed by atoms with E-state index >= 15 is 0 Å². The van der Waals surface area contributed by atoms with Gasteiger partial charge in [0.1, 0.15) is 4.99 Å². The SMILES string of the molecule is NC(=S)c1c(Cl)cccc1I. The van der Waals surface area contributed by atoms with E-state index in [1.165, 1.54) is 0 Å². The fraction of sp³-hybridized carbons (Fsp3) is 0. The average molecular weight is 298 g/mol. The lowest BCUT2D eigenvalue weighted by Gasteiger charge is -2.02. The lowest BCUT2D eigenvalue weighted by molar-refractivity contribution is 1.57. The summed E-state index contributed by atoms with van der Waals surface area (Å²) in [6.07, 6.45) is 0. The largest absolute Gasteiger partial charge is 0.389 e. The van der Waals surface area contributed by atoms with Gasteiger partial charge < -0.3 is 5.73 Å². The molecule has 0 heterocycles. The first-order valence-electron chi connectivity index (χ1n) is 2.86. The third-order valence-electron chi connectivity index (χ3n) is 1.21. The van der Waals surface area contributed by atoms with Crippen LogP contribution in [-0.2, 0) is 0 Å². The van der Waals surface area contributed by atoms with Crippen LogP contribution in [0.15, 0.2) is 18.2 Å². The predicted molar refractivity (Wildman–Crippen MR) is 60.1 cm³/mol. The van der Waals surface area contributed by atoms with Crippen molar-refractivity contribution in [2.45, 2.75) is 0 Å². The Hall–Kier alpha value is 0.130. The summed E-state index contributed by atoms with van der Waals surface area (Å²) in [6, 6.07) is 5.56. The van der Waals surface area contributed by atoms with Crippen LogP contribution in [0.4, 0.5) is 0 Å². The highest BCUT2D eigenvalue weighted by atomic mass is 127. The predicted octanol–water partition coefficient (Wildman–Crippen LogP) is 2.58. The van der Waals surface area contributed by atoms with Gasteiger partial charge in [0.25, 0.3) is 0 Å². The molecule has 58 valence electrons. The molecule has 0 atom stereocenters. The molecule has 11 heavy (non-hydrogen) atoms. The van der Waals surface area contributed by atoms with Crippen LogP contribution in [0.25, 0.3) is 0 Å². The fourth-order valence-corrected chi connectivity index (χ4v) is 2.42. The van der Waals surface area contributed by atoms with E-state index in [1.54, 1.807) is 6.07 Å². The Labute approximate surface area is 89.1 Å². The van der Waals surface area contributed by atoms with Gasteiger partial charge in [-0.25, -0.2) is 0 Å². The van der Waals surface area contributed by atoms with Gasteiger partial charge in [0.15, 0.2) is 0 Å². The standard InChI is InChI=1S/C7H5ClINS/c8-4-2-1-3-5(9)6(4)7(10)11/h1-3H,(H2,10,11). The first kappa shape index (κ1) is 9.22. The van der Waals surface area contributed by atoms with E-state index in [0.29, 0.717) is 10.0 Å². The van der Waals surface area contributed by atoms with Crippen molar-refractivity contribution in [3.05, 3.63) is 32.4 Å². The van der Waals surface area contributed by atoms with Crippen molar-refractivity contribution in [1.82, 2.24) is 0 Å². The molecule has 1 rings (SSSR count). The highest BCUT2D eigenvalue weighted by Gasteiger charge is 2.05. The molecule has 1 nitrogen and oxygen atoms in total. The molecule has 2 N–H and O–H groups in total. The van der Waals surface area contributed by atoms with Crippen LogP contribution in [0.1, 0.15) is 5.56 Å². The van der Waals surface area contributed by atoms with Crippen LogP contribution >= 0.6 is 46.4 Å². The molecule has 4 heteroatoms. The zero-order valence-electron chi connectivity index (χ0n) is 5.47. The van der Waals surface area contributed by atoms with E-state index in [1.807, 2.05) is 12.1 Å². The molecular formula is C7H5ClINS. The molecule has 0 bridgehead atoms. The minimum atomic E-state index is 0.347. The third kappa shape index (κ3) is 2.04. The van der Waals surface area contributed by atoms with Gasteiger partial charge in [0.2, 0.25) is 0 Å². The highest BCUT2D eigenvalue weighted by molar-refractivity contribution is 14.1. The van der Waals surface area contributed by atoms with Gasteiger partial charge in [-0.15, -0.1) is 0 Å². The van der Waals surface area contributed by atoms with Gasteiger partial charge >= 0.3 is 0 Å². The molecule has 0 aliphatic rings. The summed E-state index contributed by atoms with van der Waals surface area (Å²) < 4.78 is 0.989. The summed E-state index contributed by atoms with van der Waals surface area (Å²) in [5, 5.41) is 0.615. The quantitative estimate of drug-likeness (QED) is 0.637. The van der Waals surface area contributed by atoms with Crippen molar-refractivity contribution in [2.24, 2.45) is 5.73 Å². The van der Waals surface area contributed by atoms with Gasteiger partial charge in [-0.1, -0.05) is 29.9 Å². The minimum Gasteiger partial charge on any atom is -0.389 e. The smallest absolute Gasteiger partial charge is 0.106 e. The third-order valence-corrected chi connectivity index (χ3v) is 2.63. The maximum atomic E-state index is 5.85. The summed E-state index contributed by atoms with van der Waals surface area (Å²) in [5.41, 5.74) is 6.23. The molecule has 1 aromatic rings. The van der Waals surface area contributed by atoms with Crippen LogP contribution in [0.3, 0.4) is 0 Å². The van der Waals surface area contributed by atoms with Gasteiger partial charge in [0, 0.05) is 9.13 Å². The topological polar surface area (TPSA) is 26.0 Å². The number of benzene rings is 1. The molecule has 0 unspecified atom stereocenters. The van der Waals surface area contributed by atoms with Crippen LogP contribution in [-0.4, -0.2) is 4.99 Å². The van der Waals surface area contributed by atoms with E-state index in [2.05, 4.69) is 22.6 Å². The van der Waals surface area contributed by atoms with Crippen molar-refractivity contribution in [3.8, 4) is 0 Å². The van der Waals surface area contributed by atoms with Gasteiger partial charge in [-0.3, -0.25) is 0 Å². The first-order valence-corrected chi connectivity index (χ1v) is 4.73. The highest BCUT2D eigenvalue weighted by Crippen LogP contribution is 2.20. The number of nitrogens with two attached hydrogens (primary N) is 1. The molecule has 0 amide bonds. The molecule has 1 aromatic carbocycles. The molecule has 0 saturated heterocycles. The molecule has 0 aliphatic heterocycles. The zero-order chi connectivity index (χ0) is 8.43. The molecule has 0 spiro atoms. The lowest BCUT2D eigenvalue weighted by atomic mass is 10.2. The molecule has 0 radical (unpaired) electrons. The second-order valence-corrected chi connectivity index (χ2v) is 3.97. The second kappa shape index (κ2) is 3.69. The lowest BCUT2D eigenvalue weighted by Crippen LogP contribution is -2.11. The monoisotopic (exact) mass is 297 g/mol. The number of halogens is 2. The maximum absolute atomic E-state index is 5.85. The molecule has 0 saturated carbocycles. The van der Waals surface area contributed by atoms with Crippen molar-refractivity contribution >= 4 is 51.4 Å². The van der Waals surface area contributed by atoms with Crippen molar-refractivity contribution in [1.29, 1.82) is 0 Å². The van der Waals surface area contributed by atoms with E-state index in [9.17, 15) is 0 Å². The van der Waals surface area contributed by atoms with Crippen LogP contribution in [0.2, 0.25) is 5.02 Å². The molecular weight excluding hydrogens is 293 g/mol. The number of thiocarbonyl (C=S) groups is 1. The minimum absolute atomic E-state index is 0.347. The van der Waals surface area contributed by atoms with E-state index < -0.39 is 0 Å². The van der Waals surface area contributed by atoms with E-state index in [4.69, 9.17) is 29.6 Å². The van der Waals surface area contributed by atoms with Gasteiger partial charge in [-0.2, -0.15) is 0 Å². The Morgan fingerprint density at radius 2 is 2.18 bits per heavy atom. The van der Waals surface area contributed by atoms with E-state index in [-0.39, 0.29) is 0 Å². The Bertz CT molecular complexity index is 280.